The van der Waals surface area contributed by atoms with Gasteiger partial charge in [-0.05, 0) is 26.0 Å². The van der Waals surface area contributed by atoms with Crippen molar-refractivity contribution in [3.8, 4) is 11.3 Å². The number of halogens is 2. The van der Waals surface area contributed by atoms with Crippen LogP contribution in [0.1, 0.15) is 26.2 Å². The van der Waals surface area contributed by atoms with Crippen LogP contribution < -0.4 is 5.32 Å². The topological polar surface area (TPSA) is 75.4 Å². The molecule has 0 aliphatic heterocycles. The van der Waals surface area contributed by atoms with Crippen LogP contribution in [0.5, 0.6) is 0 Å². The summed E-state index contributed by atoms with van der Waals surface area (Å²) in [4.78, 5) is 15.8. The van der Waals surface area contributed by atoms with Crippen molar-refractivity contribution in [1.29, 1.82) is 0 Å². The molecule has 2 aromatic rings. The van der Waals surface area contributed by atoms with E-state index in [1.165, 1.54) is 12.3 Å². The van der Waals surface area contributed by atoms with Crippen LogP contribution in [-0.2, 0) is 11.2 Å². The molecule has 2 N–H and O–H groups in total. The smallest absolute Gasteiger partial charge is 0.221 e. The van der Waals surface area contributed by atoms with Crippen molar-refractivity contribution >= 4 is 5.91 Å². The van der Waals surface area contributed by atoms with Crippen LogP contribution in [0.15, 0.2) is 28.8 Å². The van der Waals surface area contributed by atoms with Gasteiger partial charge in [0.2, 0.25) is 5.91 Å². The fourth-order valence-electron chi connectivity index (χ4n) is 1.94. The van der Waals surface area contributed by atoms with Gasteiger partial charge in [0.1, 0.15) is 11.6 Å². The highest BCUT2D eigenvalue weighted by atomic mass is 19.1. The largest absolute Gasteiger partial charge is 0.441 e. The first kappa shape index (κ1) is 17.1. The third-order valence-electron chi connectivity index (χ3n) is 3.19. The highest BCUT2D eigenvalue weighted by Crippen LogP contribution is 2.24. The number of aryl methyl sites for hydroxylation is 1. The molecule has 5 nitrogen and oxygen atoms in total. The van der Waals surface area contributed by atoms with E-state index < -0.39 is 17.2 Å². The van der Waals surface area contributed by atoms with Gasteiger partial charge in [-0.2, -0.15) is 0 Å². The van der Waals surface area contributed by atoms with Gasteiger partial charge in [-0.1, -0.05) is 0 Å². The van der Waals surface area contributed by atoms with E-state index in [-0.39, 0.29) is 42.6 Å². The molecular weight excluding hydrogens is 306 g/mol. The Kier molecular flexibility index (Phi) is 5.10. The second-order valence-electron chi connectivity index (χ2n) is 5.83. The van der Waals surface area contributed by atoms with Crippen LogP contribution in [0.25, 0.3) is 11.3 Å². The Hall–Kier alpha value is -2.28. The van der Waals surface area contributed by atoms with Crippen LogP contribution in [-0.4, -0.2) is 28.1 Å². The molecule has 0 aliphatic rings. The maximum absolute atomic E-state index is 13.7. The molecule has 1 amide bonds. The van der Waals surface area contributed by atoms with Crippen LogP contribution in [0.4, 0.5) is 8.78 Å². The molecule has 0 radical (unpaired) electrons. The number of carbonyl (C=O) groups excluding carboxylic acids is 1. The lowest BCUT2D eigenvalue weighted by Gasteiger charge is -2.23. The Morgan fingerprint density at radius 1 is 1.39 bits per heavy atom. The highest BCUT2D eigenvalue weighted by Gasteiger charge is 2.19. The number of aromatic nitrogens is 1. The van der Waals surface area contributed by atoms with E-state index in [0.29, 0.717) is 0 Å². The van der Waals surface area contributed by atoms with Crippen molar-refractivity contribution < 1.29 is 23.1 Å². The van der Waals surface area contributed by atoms with E-state index in [1.54, 1.807) is 13.8 Å². The van der Waals surface area contributed by atoms with Gasteiger partial charge in [0.25, 0.3) is 0 Å². The predicted molar refractivity (Wildman–Crippen MR) is 79.5 cm³/mol. The van der Waals surface area contributed by atoms with Gasteiger partial charge in [-0.15, -0.1) is 0 Å². The van der Waals surface area contributed by atoms with Crippen molar-refractivity contribution in [1.82, 2.24) is 10.3 Å². The zero-order valence-electron chi connectivity index (χ0n) is 12.9. The molecule has 2 rings (SSSR count). The van der Waals surface area contributed by atoms with E-state index in [4.69, 9.17) is 9.52 Å². The summed E-state index contributed by atoms with van der Waals surface area (Å²) in [6, 6.07) is 3.17. The number of hydrogen-bond donors (Lipinski definition) is 2. The quantitative estimate of drug-likeness (QED) is 0.856. The summed E-state index contributed by atoms with van der Waals surface area (Å²) >= 11 is 0. The summed E-state index contributed by atoms with van der Waals surface area (Å²) in [5, 5.41) is 11.8. The molecule has 0 saturated carbocycles. The molecule has 1 aromatic heterocycles. The third kappa shape index (κ3) is 4.59. The fourth-order valence-corrected chi connectivity index (χ4v) is 1.94. The van der Waals surface area contributed by atoms with Crippen molar-refractivity contribution in [2.24, 2.45) is 0 Å². The van der Waals surface area contributed by atoms with Crippen LogP contribution in [0.2, 0.25) is 0 Å². The summed E-state index contributed by atoms with van der Waals surface area (Å²) in [7, 11) is 0. The van der Waals surface area contributed by atoms with Crippen molar-refractivity contribution in [3.05, 3.63) is 41.9 Å². The standard InChI is InChI=1S/C16H18F2N2O3/c1-16(2,9-21)20-14(22)5-6-15-19-8-13(23-15)11-4-3-10(17)7-12(11)18/h3-4,7-8,21H,5-6,9H2,1-2H3,(H,20,22). The van der Waals surface area contributed by atoms with E-state index in [0.717, 1.165) is 12.1 Å². The lowest BCUT2D eigenvalue weighted by molar-refractivity contribution is -0.123. The Labute approximate surface area is 132 Å². The van der Waals surface area contributed by atoms with Crippen LogP contribution >= 0.6 is 0 Å². The first-order chi connectivity index (χ1) is 10.8. The molecule has 7 heteroatoms. The molecule has 0 unspecified atom stereocenters. The molecule has 23 heavy (non-hydrogen) atoms. The van der Waals surface area contributed by atoms with Gasteiger partial charge in [0, 0.05) is 18.9 Å². The number of aliphatic hydroxyl groups excluding tert-OH is 1. The number of benzene rings is 1. The van der Waals surface area contributed by atoms with Gasteiger partial charge in [0.15, 0.2) is 11.7 Å². The molecule has 0 fully saturated rings. The lowest BCUT2D eigenvalue weighted by Crippen LogP contribution is -2.46. The third-order valence-corrected chi connectivity index (χ3v) is 3.19. The minimum atomic E-state index is -0.741. The van der Waals surface area contributed by atoms with Crippen LogP contribution in [0.3, 0.4) is 0 Å². The Morgan fingerprint density at radius 2 is 2.13 bits per heavy atom. The number of nitrogens with zero attached hydrogens (tertiary/aromatic N) is 1. The monoisotopic (exact) mass is 324 g/mol. The van der Waals surface area contributed by atoms with Crippen molar-refractivity contribution in [2.75, 3.05) is 6.61 Å². The lowest BCUT2D eigenvalue weighted by atomic mass is 10.1. The minimum absolute atomic E-state index is 0.107. The summed E-state index contributed by atoms with van der Waals surface area (Å²) < 4.78 is 32.0. The molecule has 1 heterocycles. The number of hydrogen-bond acceptors (Lipinski definition) is 4. The molecule has 0 spiro atoms. The van der Waals surface area contributed by atoms with Gasteiger partial charge >= 0.3 is 0 Å². The maximum atomic E-state index is 13.7. The normalized spacial score (nSPS) is 11.5. The van der Waals surface area contributed by atoms with Gasteiger partial charge in [-0.25, -0.2) is 13.8 Å². The van der Waals surface area contributed by atoms with E-state index >= 15 is 0 Å². The molecule has 0 atom stereocenters. The first-order valence-electron chi connectivity index (χ1n) is 7.13. The Bertz CT molecular complexity index is 698. The molecular formula is C16H18F2N2O3. The second kappa shape index (κ2) is 6.87. The summed E-state index contributed by atoms with van der Waals surface area (Å²) in [6.45, 7) is 3.22. The molecule has 0 bridgehead atoms. The number of rotatable bonds is 6. The summed E-state index contributed by atoms with van der Waals surface area (Å²) in [5.74, 6) is -1.21. The Balaban J connectivity index is 1.99. The van der Waals surface area contributed by atoms with Crippen molar-refractivity contribution in [2.45, 2.75) is 32.2 Å². The zero-order valence-corrected chi connectivity index (χ0v) is 12.9. The second-order valence-corrected chi connectivity index (χ2v) is 5.83. The van der Waals surface area contributed by atoms with Crippen molar-refractivity contribution in [3.63, 3.8) is 0 Å². The number of nitrogens with one attached hydrogen (secondary N) is 1. The van der Waals surface area contributed by atoms with E-state index in [1.807, 2.05) is 0 Å². The zero-order chi connectivity index (χ0) is 17.0. The van der Waals surface area contributed by atoms with E-state index in [9.17, 15) is 13.6 Å². The van der Waals surface area contributed by atoms with Gasteiger partial charge in [-0.3, -0.25) is 4.79 Å². The fraction of sp³-hybridized carbons (Fsp3) is 0.375. The summed E-state index contributed by atoms with van der Waals surface area (Å²) in [5.41, 5.74) is -0.591. The Morgan fingerprint density at radius 3 is 2.78 bits per heavy atom. The highest BCUT2D eigenvalue weighted by molar-refractivity contribution is 5.76. The number of amides is 1. The number of aliphatic hydroxyl groups is 1. The SMILES string of the molecule is CC(C)(CO)NC(=O)CCc1ncc(-c2ccc(F)cc2F)o1. The predicted octanol–water partition coefficient (Wildman–Crippen LogP) is 2.44. The first-order valence-corrected chi connectivity index (χ1v) is 7.13. The van der Waals surface area contributed by atoms with Crippen LogP contribution in [0, 0.1) is 11.6 Å². The number of oxazole rings is 1. The molecule has 0 aliphatic carbocycles. The van der Waals surface area contributed by atoms with Gasteiger partial charge < -0.3 is 14.8 Å². The average molecular weight is 324 g/mol. The molecule has 1 aromatic carbocycles. The number of carbonyl (C=O) groups is 1. The summed E-state index contributed by atoms with van der Waals surface area (Å²) in [6.07, 6.45) is 1.69. The maximum Gasteiger partial charge on any atom is 0.221 e. The average Bonchev–Trinajstić information content (AvgIpc) is 2.93. The van der Waals surface area contributed by atoms with E-state index in [2.05, 4.69) is 10.3 Å². The molecule has 0 saturated heterocycles. The van der Waals surface area contributed by atoms with Gasteiger partial charge in [0.05, 0.1) is 23.9 Å². The molecule has 124 valence electrons. The minimum Gasteiger partial charge on any atom is -0.441 e.